The van der Waals surface area contributed by atoms with Crippen molar-refractivity contribution in [3.05, 3.63) is 107 Å². The van der Waals surface area contributed by atoms with E-state index in [-0.39, 0.29) is 48.3 Å². The molecule has 0 heterocycles. The van der Waals surface area contributed by atoms with Crippen LogP contribution in [-0.2, 0) is 9.59 Å². The molecule has 3 rings (SSSR count). The van der Waals surface area contributed by atoms with Gasteiger partial charge >= 0.3 is 24.3 Å². The summed E-state index contributed by atoms with van der Waals surface area (Å²) in [6, 6.07) is 17.1. The molecule has 4 unspecified atom stereocenters. The maximum Gasteiger partial charge on any atom is 0.395 e. The van der Waals surface area contributed by atoms with Gasteiger partial charge in [-0.25, -0.2) is 4.39 Å². The number of alkyl halides is 6. The lowest BCUT2D eigenvalue weighted by Crippen LogP contribution is -2.30. The molecule has 0 aliphatic heterocycles. The topological polar surface area (TPSA) is 153 Å². The minimum atomic E-state index is -4.41. The van der Waals surface area contributed by atoms with Gasteiger partial charge in [0.1, 0.15) is 12.1 Å². The minimum absolute atomic E-state index is 0.0753. The van der Waals surface area contributed by atoms with Crippen molar-refractivity contribution in [2.24, 2.45) is 11.5 Å². The first-order chi connectivity index (χ1) is 25.9. The number of benzene rings is 3. The van der Waals surface area contributed by atoms with Crippen molar-refractivity contribution < 1.29 is 50.5 Å². The first-order valence-electron chi connectivity index (χ1n) is 16.8. The second kappa shape index (κ2) is 23.4. The second-order valence-electron chi connectivity index (χ2n) is 12.2. The molecular formula is C38H43ClF7N3O4S2. The fourth-order valence-corrected chi connectivity index (χ4v) is 7.36. The highest BCUT2D eigenvalue weighted by Gasteiger charge is 2.41. The molecule has 17 heteroatoms. The zero-order chi connectivity index (χ0) is 41.2. The molecule has 0 aliphatic carbocycles. The summed E-state index contributed by atoms with van der Waals surface area (Å²) in [6.45, 7) is 0. The predicted octanol–water partition coefficient (Wildman–Crippen LogP) is 9.83. The third-order valence-corrected chi connectivity index (χ3v) is 10.5. The highest BCUT2D eigenvalue weighted by Crippen LogP contribution is 2.40. The Morgan fingerprint density at radius 3 is 1.51 bits per heavy atom. The van der Waals surface area contributed by atoms with Crippen LogP contribution >= 0.6 is 35.1 Å². The fraction of sp³-hybridized carbons (Fsp3) is 0.368. The molecule has 7 nitrogen and oxygen atoms in total. The number of hydrogen-bond donors (Lipinski definition) is 5. The number of nitrogen functional groups attached to an aromatic ring is 1. The molecule has 0 aromatic heterocycles. The lowest BCUT2D eigenvalue weighted by atomic mass is 9.93. The van der Waals surface area contributed by atoms with Gasteiger partial charge in [0.05, 0.1) is 18.2 Å². The molecule has 302 valence electrons. The SMILES string of the molecule is NC(CCSCCC(c1ccc(C(=C\Cl)/C=C/F)cc1)C(F)(F)F)C(=O)O.Nc1cccc(-c2ccc(C(CCSCCC(N)C(=O)O)C(F)(F)F)cc2)c1. The summed E-state index contributed by atoms with van der Waals surface area (Å²) < 4.78 is 93.0. The fourth-order valence-electron chi connectivity index (χ4n) is 5.11. The number of carboxylic acid groups (broad SMARTS) is 2. The van der Waals surface area contributed by atoms with Gasteiger partial charge in [0, 0.05) is 11.2 Å². The van der Waals surface area contributed by atoms with Crippen LogP contribution in [0.25, 0.3) is 16.7 Å². The van der Waals surface area contributed by atoms with Crippen LogP contribution in [0.5, 0.6) is 0 Å². The number of thioether (sulfide) groups is 2. The number of rotatable bonds is 19. The second-order valence-corrected chi connectivity index (χ2v) is 14.9. The van der Waals surface area contributed by atoms with Crippen molar-refractivity contribution >= 4 is 58.3 Å². The van der Waals surface area contributed by atoms with Crippen LogP contribution in [0.3, 0.4) is 0 Å². The average Bonchev–Trinajstić information content (AvgIpc) is 3.12. The van der Waals surface area contributed by atoms with Crippen molar-refractivity contribution in [2.45, 2.75) is 62.0 Å². The third kappa shape index (κ3) is 16.9. The number of halogens is 8. The molecule has 3 aromatic carbocycles. The highest BCUT2D eigenvalue weighted by molar-refractivity contribution is 7.99. The van der Waals surface area contributed by atoms with Gasteiger partial charge in [0.15, 0.2) is 0 Å². The standard InChI is InChI=1S/C20H23F3N2O2S.C18H20ClF4NO2S/c21-20(22,23)17(8-10-28-11-9-18(25)19(26)27)14-6-4-13(5-7-14)15-2-1-3-16(24)12-15;19-11-14(5-8-20)12-1-3-13(4-2-12)15(18(21,22)23)6-9-27-10-7-16(24)17(25)26/h1-7,12,17-18H,8-11,24-25H2,(H,26,27);1-5,8,11,15-16H,6-7,9-10,24H2,(H,25,26)/b;8-5+,14-11-. The van der Waals surface area contributed by atoms with Crippen molar-refractivity contribution in [3.63, 3.8) is 0 Å². The van der Waals surface area contributed by atoms with Gasteiger partial charge in [-0.05, 0) is 100 Å². The van der Waals surface area contributed by atoms with E-state index >= 15 is 0 Å². The Kier molecular flexibility index (Phi) is 20.2. The number of carbonyl (C=O) groups is 2. The van der Waals surface area contributed by atoms with Gasteiger partial charge in [-0.2, -0.15) is 49.9 Å². The summed E-state index contributed by atoms with van der Waals surface area (Å²) in [6.07, 6.45) is -7.14. The Morgan fingerprint density at radius 2 is 1.13 bits per heavy atom. The maximum absolute atomic E-state index is 13.5. The summed E-state index contributed by atoms with van der Waals surface area (Å²) in [4.78, 5) is 21.3. The molecule has 4 atom stereocenters. The summed E-state index contributed by atoms with van der Waals surface area (Å²) in [5.41, 5.74) is 21.0. The number of aliphatic carboxylic acids is 2. The Bertz CT molecular complexity index is 1690. The van der Waals surface area contributed by atoms with E-state index in [0.717, 1.165) is 22.7 Å². The van der Waals surface area contributed by atoms with Gasteiger partial charge < -0.3 is 27.4 Å². The Balaban J connectivity index is 0.000000380. The zero-order valence-corrected chi connectivity index (χ0v) is 31.8. The van der Waals surface area contributed by atoms with Gasteiger partial charge in [-0.1, -0.05) is 72.3 Å². The summed E-state index contributed by atoms with van der Waals surface area (Å²) >= 11 is 8.11. The van der Waals surface area contributed by atoms with Crippen molar-refractivity contribution in [1.29, 1.82) is 0 Å². The molecule has 0 saturated carbocycles. The Labute approximate surface area is 328 Å². The third-order valence-electron chi connectivity index (χ3n) is 8.21. The van der Waals surface area contributed by atoms with E-state index in [1.54, 1.807) is 30.3 Å². The van der Waals surface area contributed by atoms with Crippen molar-refractivity contribution in [3.8, 4) is 11.1 Å². The monoisotopic (exact) mass is 837 g/mol. The van der Waals surface area contributed by atoms with E-state index in [1.807, 2.05) is 6.07 Å². The molecular weight excluding hydrogens is 795 g/mol. The van der Waals surface area contributed by atoms with E-state index in [2.05, 4.69) is 0 Å². The molecule has 0 spiro atoms. The predicted molar refractivity (Wildman–Crippen MR) is 209 cm³/mol. The minimum Gasteiger partial charge on any atom is -0.480 e. The van der Waals surface area contributed by atoms with Crippen LogP contribution in [0.1, 0.15) is 54.2 Å². The van der Waals surface area contributed by atoms with Gasteiger partial charge in [0.2, 0.25) is 0 Å². The quantitative estimate of drug-likeness (QED) is 0.0344. The van der Waals surface area contributed by atoms with Crippen LogP contribution in [0.2, 0.25) is 0 Å². The van der Waals surface area contributed by atoms with E-state index < -0.39 is 48.2 Å². The average molecular weight is 838 g/mol. The molecule has 0 fully saturated rings. The summed E-state index contributed by atoms with van der Waals surface area (Å²) in [5.74, 6) is -4.17. The zero-order valence-electron chi connectivity index (χ0n) is 29.4. The number of hydrogen-bond acceptors (Lipinski definition) is 7. The summed E-state index contributed by atoms with van der Waals surface area (Å²) in [7, 11) is 0. The molecule has 8 N–H and O–H groups in total. The van der Waals surface area contributed by atoms with Crippen LogP contribution < -0.4 is 17.2 Å². The van der Waals surface area contributed by atoms with Crippen LogP contribution in [0.4, 0.5) is 36.4 Å². The Morgan fingerprint density at radius 1 is 0.691 bits per heavy atom. The van der Waals surface area contributed by atoms with E-state index in [1.165, 1.54) is 59.9 Å². The van der Waals surface area contributed by atoms with Gasteiger partial charge in [-0.3, -0.25) is 9.59 Å². The molecule has 0 bridgehead atoms. The molecule has 0 radical (unpaired) electrons. The van der Waals surface area contributed by atoms with E-state index in [4.69, 9.17) is 39.0 Å². The first kappa shape index (κ1) is 47.5. The van der Waals surface area contributed by atoms with E-state index in [0.29, 0.717) is 34.7 Å². The maximum atomic E-state index is 13.5. The smallest absolute Gasteiger partial charge is 0.395 e. The number of anilines is 1. The normalized spacial score (nSPS) is 14.5. The van der Waals surface area contributed by atoms with E-state index in [9.17, 15) is 40.3 Å². The Hall–Kier alpha value is -3.70. The molecule has 0 saturated heterocycles. The molecule has 55 heavy (non-hydrogen) atoms. The lowest BCUT2D eigenvalue weighted by molar-refractivity contribution is -0.151. The highest BCUT2D eigenvalue weighted by atomic mass is 35.5. The molecule has 3 aromatic rings. The molecule has 0 aliphatic rings. The lowest BCUT2D eigenvalue weighted by Gasteiger charge is -2.21. The van der Waals surface area contributed by atoms with Gasteiger partial charge in [-0.15, -0.1) is 0 Å². The number of nitrogens with two attached hydrogens (primary N) is 3. The number of allylic oxidation sites excluding steroid dienone is 2. The largest absolute Gasteiger partial charge is 0.480 e. The van der Waals surface area contributed by atoms with Crippen molar-refractivity contribution in [1.82, 2.24) is 0 Å². The first-order valence-corrected chi connectivity index (χ1v) is 19.5. The van der Waals surface area contributed by atoms with Crippen molar-refractivity contribution in [2.75, 3.05) is 28.7 Å². The van der Waals surface area contributed by atoms with Crippen LogP contribution in [0.15, 0.2) is 90.7 Å². The summed E-state index contributed by atoms with van der Waals surface area (Å²) in [5, 5.41) is 17.4. The molecule has 0 amide bonds. The van der Waals surface area contributed by atoms with Crippen LogP contribution in [0, 0.1) is 0 Å². The van der Waals surface area contributed by atoms with Gasteiger partial charge in [0.25, 0.3) is 0 Å². The van der Waals surface area contributed by atoms with Crippen LogP contribution in [-0.4, -0.2) is 69.6 Å². The number of carboxylic acids is 2.